The van der Waals surface area contributed by atoms with Crippen molar-refractivity contribution in [3.05, 3.63) is 27.1 Å². The lowest BCUT2D eigenvalue weighted by Gasteiger charge is -2.59. The molecule has 1 amide bonds. The molecule has 2 aromatic heterocycles. The van der Waals surface area contributed by atoms with E-state index in [-0.39, 0.29) is 22.9 Å². The van der Waals surface area contributed by atoms with Crippen LogP contribution in [0.15, 0.2) is 11.1 Å². The molecule has 1 N–H and O–H groups in total. The van der Waals surface area contributed by atoms with Gasteiger partial charge in [-0.05, 0) is 81.1 Å². The van der Waals surface area contributed by atoms with Gasteiger partial charge in [0.2, 0.25) is 0 Å². The zero-order valence-electron chi connectivity index (χ0n) is 16.2. The zero-order chi connectivity index (χ0) is 18.9. The number of fused-ring (bicyclic) bond motifs is 1. The van der Waals surface area contributed by atoms with Gasteiger partial charge in [-0.25, -0.2) is 4.98 Å². The number of aryl methyl sites for hydroxylation is 2. The summed E-state index contributed by atoms with van der Waals surface area (Å²) in [7, 11) is 1.70. The fourth-order valence-corrected chi connectivity index (χ4v) is 7.59. The van der Waals surface area contributed by atoms with Crippen LogP contribution in [0.5, 0.6) is 0 Å². The molecule has 4 fully saturated rings. The van der Waals surface area contributed by atoms with E-state index in [2.05, 4.69) is 17.2 Å². The molecule has 6 rings (SSSR count). The second-order valence-corrected chi connectivity index (χ2v) is 10.4. The number of carbonyl (C=O) groups is 1. The number of nitrogens with one attached hydrogen (secondary N) is 1. The number of rotatable bonds is 3. The normalized spacial score (nSPS) is 32.8. The average molecular weight is 386 g/mol. The summed E-state index contributed by atoms with van der Waals surface area (Å²) in [5.41, 5.74) is 0.962. The Bertz CT molecular complexity index is 954. The van der Waals surface area contributed by atoms with Crippen LogP contribution in [0.25, 0.3) is 10.2 Å². The van der Waals surface area contributed by atoms with Gasteiger partial charge in [0, 0.05) is 13.1 Å². The molecule has 4 aliphatic carbocycles. The summed E-state index contributed by atoms with van der Waals surface area (Å²) in [6, 6.07) is 0.179. The minimum absolute atomic E-state index is 0.0409. The van der Waals surface area contributed by atoms with E-state index in [1.54, 1.807) is 7.05 Å². The monoisotopic (exact) mass is 385 g/mol. The van der Waals surface area contributed by atoms with Crippen LogP contribution in [0, 0.1) is 30.1 Å². The van der Waals surface area contributed by atoms with Crippen molar-refractivity contribution in [2.75, 3.05) is 0 Å². The Morgan fingerprint density at radius 3 is 2.44 bits per heavy atom. The fraction of sp³-hybridized carbons (Fsp3) is 0.667. The summed E-state index contributed by atoms with van der Waals surface area (Å²) < 4.78 is 1.47. The van der Waals surface area contributed by atoms with Gasteiger partial charge in [0.25, 0.3) is 11.5 Å². The third-order valence-electron chi connectivity index (χ3n) is 7.57. The minimum atomic E-state index is -0.0815. The average Bonchev–Trinajstić information content (AvgIpc) is 2.94. The first kappa shape index (κ1) is 17.4. The third kappa shape index (κ3) is 2.59. The molecule has 4 saturated carbocycles. The number of aromatic nitrogens is 2. The van der Waals surface area contributed by atoms with Gasteiger partial charge in [0.05, 0.1) is 16.6 Å². The molecule has 0 aromatic carbocycles. The Labute approximate surface area is 163 Å². The van der Waals surface area contributed by atoms with Crippen molar-refractivity contribution in [2.45, 2.75) is 58.4 Å². The van der Waals surface area contributed by atoms with Gasteiger partial charge in [-0.3, -0.25) is 9.59 Å². The number of amides is 1. The molecule has 2 heterocycles. The molecule has 0 aliphatic heterocycles. The number of carbonyl (C=O) groups excluding carboxylic acids is 1. The molecule has 2 aromatic rings. The number of thiophene rings is 1. The SMILES string of the molecule is Cc1c(C(=O)NC(C)C23CC4CC(CC(C4)C2)C3)sc2ncn(C)c(=O)c12. The molecule has 144 valence electrons. The van der Waals surface area contributed by atoms with Crippen molar-refractivity contribution in [1.29, 1.82) is 0 Å². The highest BCUT2D eigenvalue weighted by Crippen LogP contribution is 2.61. The van der Waals surface area contributed by atoms with Gasteiger partial charge >= 0.3 is 0 Å². The van der Waals surface area contributed by atoms with Crippen molar-refractivity contribution in [1.82, 2.24) is 14.9 Å². The van der Waals surface area contributed by atoms with E-state index in [4.69, 9.17) is 0 Å². The molecule has 6 heteroatoms. The maximum absolute atomic E-state index is 13.1. The van der Waals surface area contributed by atoms with Crippen LogP contribution in [0.4, 0.5) is 0 Å². The van der Waals surface area contributed by atoms with Gasteiger partial charge in [0.1, 0.15) is 4.83 Å². The van der Waals surface area contributed by atoms with Crippen LogP contribution >= 0.6 is 11.3 Å². The van der Waals surface area contributed by atoms with E-state index in [0.29, 0.717) is 15.1 Å². The number of nitrogens with zero attached hydrogens (tertiary/aromatic N) is 2. The van der Waals surface area contributed by atoms with Gasteiger partial charge in [0.15, 0.2) is 0 Å². The summed E-state index contributed by atoms with van der Waals surface area (Å²) in [5.74, 6) is 2.57. The topological polar surface area (TPSA) is 64.0 Å². The van der Waals surface area contributed by atoms with Crippen molar-refractivity contribution < 1.29 is 4.79 Å². The maximum atomic E-state index is 13.1. The summed E-state index contributed by atoms with van der Waals surface area (Å²) in [5, 5.41) is 3.91. The lowest BCUT2D eigenvalue weighted by molar-refractivity contribution is -0.0687. The van der Waals surface area contributed by atoms with E-state index in [9.17, 15) is 9.59 Å². The maximum Gasteiger partial charge on any atom is 0.262 e. The van der Waals surface area contributed by atoms with Crippen LogP contribution in [0.1, 0.15) is 60.7 Å². The highest BCUT2D eigenvalue weighted by Gasteiger charge is 2.53. The van der Waals surface area contributed by atoms with Crippen molar-refractivity contribution in [3.8, 4) is 0 Å². The van der Waals surface area contributed by atoms with E-state index in [1.165, 1.54) is 60.8 Å². The van der Waals surface area contributed by atoms with Gasteiger partial charge < -0.3 is 9.88 Å². The van der Waals surface area contributed by atoms with E-state index < -0.39 is 0 Å². The Balaban J connectivity index is 1.42. The fourth-order valence-electron chi connectivity index (χ4n) is 6.55. The molecule has 27 heavy (non-hydrogen) atoms. The molecular weight excluding hydrogens is 358 g/mol. The summed E-state index contributed by atoms with van der Waals surface area (Å²) in [6.07, 6.45) is 9.56. The van der Waals surface area contributed by atoms with Crippen LogP contribution in [-0.4, -0.2) is 21.5 Å². The largest absolute Gasteiger partial charge is 0.348 e. The predicted octanol–water partition coefficient (Wildman–Crippen LogP) is 3.64. The standard InChI is InChI=1S/C21H27N3O2S/c1-11-16-19(22-10-24(3)20(16)26)27-17(11)18(25)23-12(2)21-7-13-4-14(8-21)6-15(5-13)9-21/h10,12-15H,4-9H2,1-3H3,(H,23,25). The van der Waals surface area contributed by atoms with Crippen molar-refractivity contribution in [3.63, 3.8) is 0 Å². The second kappa shape index (κ2) is 5.90. The molecular formula is C21H27N3O2S. The third-order valence-corrected chi connectivity index (χ3v) is 8.77. The molecule has 4 bridgehead atoms. The minimum Gasteiger partial charge on any atom is -0.348 e. The second-order valence-electron chi connectivity index (χ2n) is 9.37. The first-order valence-corrected chi connectivity index (χ1v) is 10.9. The molecule has 1 atom stereocenters. The van der Waals surface area contributed by atoms with Crippen LogP contribution < -0.4 is 10.9 Å². The van der Waals surface area contributed by atoms with E-state index in [0.717, 1.165) is 23.3 Å². The van der Waals surface area contributed by atoms with E-state index >= 15 is 0 Å². The smallest absolute Gasteiger partial charge is 0.262 e. The molecule has 1 unspecified atom stereocenters. The van der Waals surface area contributed by atoms with Crippen LogP contribution in [-0.2, 0) is 7.05 Å². The van der Waals surface area contributed by atoms with Crippen LogP contribution in [0.3, 0.4) is 0 Å². The van der Waals surface area contributed by atoms with Gasteiger partial charge in [-0.1, -0.05) is 0 Å². The Morgan fingerprint density at radius 2 is 1.85 bits per heavy atom. The number of hydrogen-bond donors (Lipinski definition) is 1. The van der Waals surface area contributed by atoms with Gasteiger partial charge in [-0.15, -0.1) is 11.3 Å². The highest BCUT2D eigenvalue weighted by atomic mass is 32.1. The lowest BCUT2D eigenvalue weighted by Crippen LogP contribution is -2.55. The predicted molar refractivity (Wildman–Crippen MR) is 107 cm³/mol. The van der Waals surface area contributed by atoms with Gasteiger partial charge in [-0.2, -0.15) is 0 Å². The summed E-state index contributed by atoms with van der Waals surface area (Å²) in [6.45, 7) is 4.07. The first-order valence-electron chi connectivity index (χ1n) is 10.1. The number of hydrogen-bond acceptors (Lipinski definition) is 4. The molecule has 0 saturated heterocycles. The Kier molecular flexibility index (Phi) is 3.81. The molecule has 0 spiro atoms. The van der Waals surface area contributed by atoms with Crippen molar-refractivity contribution >= 4 is 27.5 Å². The lowest BCUT2D eigenvalue weighted by atomic mass is 9.48. The molecule has 4 aliphatic rings. The quantitative estimate of drug-likeness (QED) is 0.877. The Hall–Kier alpha value is -1.69. The Morgan fingerprint density at radius 1 is 1.26 bits per heavy atom. The molecule has 5 nitrogen and oxygen atoms in total. The highest BCUT2D eigenvalue weighted by molar-refractivity contribution is 7.20. The first-order chi connectivity index (χ1) is 12.9. The zero-order valence-corrected chi connectivity index (χ0v) is 17.1. The summed E-state index contributed by atoms with van der Waals surface area (Å²) in [4.78, 5) is 31.2. The van der Waals surface area contributed by atoms with E-state index in [1.807, 2.05) is 6.92 Å². The summed E-state index contributed by atoms with van der Waals surface area (Å²) >= 11 is 1.34. The van der Waals surface area contributed by atoms with Crippen LogP contribution in [0.2, 0.25) is 0 Å². The van der Waals surface area contributed by atoms with Crippen molar-refractivity contribution in [2.24, 2.45) is 30.2 Å². The molecule has 0 radical (unpaired) electrons.